The van der Waals surface area contributed by atoms with Crippen molar-refractivity contribution in [2.75, 3.05) is 5.73 Å². The van der Waals surface area contributed by atoms with E-state index in [2.05, 4.69) is 0 Å². The van der Waals surface area contributed by atoms with Crippen LogP contribution in [0.1, 0.15) is 23.6 Å². The van der Waals surface area contributed by atoms with Crippen molar-refractivity contribution in [2.45, 2.75) is 18.9 Å². The van der Waals surface area contributed by atoms with Gasteiger partial charge in [-0.2, -0.15) is 0 Å². The molecule has 0 radical (unpaired) electrons. The van der Waals surface area contributed by atoms with E-state index in [1.165, 1.54) is 6.07 Å². The molecule has 74 valence electrons. The monoisotopic (exact) mass is 193 g/mol. The first-order chi connectivity index (χ1) is 6.61. The largest absolute Gasteiger partial charge is 0.398 e. The van der Waals surface area contributed by atoms with Gasteiger partial charge in [0.2, 0.25) is 0 Å². The molecule has 5 heteroatoms. The summed E-state index contributed by atoms with van der Waals surface area (Å²) in [5, 5.41) is 10.7. The predicted octanol–water partition coefficient (Wildman–Crippen LogP) is 1.12. The molecule has 1 aromatic carbocycles. The van der Waals surface area contributed by atoms with E-state index in [1.807, 2.05) is 0 Å². The smallest absolute Gasteiger partial charge is 0.273 e. The van der Waals surface area contributed by atoms with E-state index >= 15 is 0 Å². The second kappa shape index (κ2) is 2.95. The summed E-state index contributed by atoms with van der Waals surface area (Å²) in [5.41, 5.74) is 13.7. The van der Waals surface area contributed by atoms with Gasteiger partial charge in [-0.25, -0.2) is 0 Å². The standard InChI is InChI=1S/C9H11N3O2/c10-6-2-1-5-8(12(13)14)4-3-7(11)9(5)6/h3-4,6H,1-2,10-11H2/t6-/m1/s1. The van der Waals surface area contributed by atoms with Crippen molar-refractivity contribution in [3.63, 3.8) is 0 Å². The third-order valence-electron chi connectivity index (χ3n) is 2.64. The van der Waals surface area contributed by atoms with E-state index in [4.69, 9.17) is 11.5 Å². The van der Waals surface area contributed by atoms with Crippen LogP contribution >= 0.6 is 0 Å². The summed E-state index contributed by atoms with van der Waals surface area (Å²) in [6, 6.07) is 2.86. The van der Waals surface area contributed by atoms with Crippen molar-refractivity contribution in [3.05, 3.63) is 33.4 Å². The molecule has 1 aromatic rings. The molecule has 5 nitrogen and oxygen atoms in total. The first kappa shape index (κ1) is 8.96. The molecule has 0 spiro atoms. The van der Waals surface area contributed by atoms with Crippen LogP contribution in [0.2, 0.25) is 0 Å². The Labute approximate surface area is 80.9 Å². The normalized spacial score (nSPS) is 19.4. The molecule has 4 N–H and O–H groups in total. The Morgan fingerprint density at radius 3 is 2.86 bits per heavy atom. The van der Waals surface area contributed by atoms with Gasteiger partial charge in [0.1, 0.15) is 0 Å². The number of nitro groups is 1. The first-order valence-electron chi connectivity index (χ1n) is 4.42. The zero-order valence-electron chi connectivity index (χ0n) is 7.56. The minimum Gasteiger partial charge on any atom is -0.398 e. The Balaban J connectivity index is 2.64. The summed E-state index contributed by atoms with van der Waals surface area (Å²) in [6.07, 6.45) is 1.39. The zero-order chi connectivity index (χ0) is 10.3. The molecule has 0 saturated heterocycles. The number of nitrogens with zero attached hydrogens (tertiary/aromatic N) is 1. The lowest BCUT2D eigenvalue weighted by molar-refractivity contribution is -0.385. The summed E-state index contributed by atoms with van der Waals surface area (Å²) in [6.45, 7) is 0. The highest BCUT2D eigenvalue weighted by Gasteiger charge is 2.28. The number of benzene rings is 1. The third-order valence-corrected chi connectivity index (χ3v) is 2.64. The topological polar surface area (TPSA) is 95.2 Å². The van der Waals surface area contributed by atoms with Gasteiger partial charge in [-0.05, 0) is 18.9 Å². The number of nitrogen functional groups attached to an aromatic ring is 1. The lowest BCUT2D eigenvalue weighted by atomic mass is 10.0. The number of rotatable bonds is 1. The van der Waals surface area contributed by atoms with Gasteiger partial charge < -0.3 is 11.5 Å². The minimum atomic E-state index is -0.379. The molecular weight excluding hydrogens is 182 g/mol. The van der Waals surface area contributed by atoms with E-state index < -0.39 is 0 Å². The zero-order valence-corrected chi connectivity index (χ0v) is 7.56. The van der Waals surface area contributed by atoms with Gasteiger partial charge in [-0.1, -0.05) is 0 Å². The summed E-state index contributed by atoms with van der Waals surface area (Å²) < 4.78 is 0. The second-order valence-corrected chi connectivity index (χ2v) is 3.47. The van der Waals surface area contributed by atoms with Crippen molar-refractivity contribution in [1.82, 2.24) is 0 Å². The van der Waals surface area contributed by atoms with Crippen LogP contribution in [0.15, 0.2) is 12.1 Å². The number of nitrogens with two attached hydrogens (primary N) is 2. The molecule has 1 aliphatic carbocycles. The van der Waals surface area contributed by atoms with E-state index in [1.54, 1.807) is 6.07 Å². The Kier molecular flexibility index (Phi) is 1.89. The molecule has 1 atom stereocenters. The van der Waals surface area contributed by atoms with Crippen molar-refractivity contribution in [2.24, 2.45) is 5.73 Å². The number of fused-ring (bicyclic) bond motifs is 1. The maximum absolute atomic E-state index is 10.7. The fourth-order valence-electron chi connectivity index (χ4n) is 1.99. The third kappa shape index (κ3) is 1.13. The molecule has 1 aliphatic rings. The average molecular weight is 193 g/mol. The molecule has 14 heavy (non-hydrogen) atoms. The summed E-state index contributed by atoms with van der Waals surface area (Å²) in [4.78, 5) is 10.3. The molecule has 0 aromatic heterocycles. The van der Waals surface area contributed by atoms with Gasteiger partial charge in [-0.3, -0.25) is 10.1 Å². The van der Waals surface area contributed by atoms with Gasteiger partial charge in [0.15, 0.2) is 0 Å². The summed E-state index contributed by atoms with van der Waals surface area (Å²) in [7, 11) is 0. The van der Waals surface area contributed by atoms with Crippen molar-refractivity contribution >= 4 is 11.4 Å². The fraction of sp³-hybridized carbons (Fsp3) is 0.333. The molecule has 0 fully saturated rings. The van der Waals surface area contributed by atoms with Crippen LogP contribution in [-0.4, -0.2) is 4.92 Å². The van der Waals surface area contributed by atoms with Gasteiger partial charge in [0.25, 0.3) is 5.69 Å². The van der Waals surface area contributed by atoms with Crippen LogP contribution < -0.4 is 11.5 Å². The highest BCUT2D eigenvalue weighted by Crippen LogP contribution is 2.38. The SMILES string of the molecule is Nc1ccc([N+](=O)[O-])c2c1[C@H](N)CC2. The molecule has 0 unspecified atom stereocenters. The summed E-state index contributed by atoms with van der Waals surface area (Å²) in [5.74, 6) is 0. The second-order valence-electron chi connectivity index (χ2n) is 3.47. The Morgan fingerprint density at radius 1 is 1.50 bits per heavy atom. The molecular formula is C9H11N3O2. The molecule has 0 heterocycles. The van der Waals surface area contributed by atoms with Crippen molar-refractivity contribution < 1.29 is 4.92 Å². The number of hydrogen-bond donors (Lipinski definition) is 2. The highest BCUT2D eigenvalue weighted by atomic mass is 16.6. The molecule has 0 aliphatic heterocycles. The van der Waals surface area contributed by atoms with E-state index in [9.17, 15) is 10.1 Å². The summed E-state index contributed by atoms with van der Waals surface area (Å²) >= 11 is 0. The maximum atomic E-state index is 10.7. The Hall–Kier alpha value is -1.62. The molecule has 0 saturated carbocycles. The minimum absolute atomic E-state index is 0.141. The van der Waals surface area contributed by atoms with Crippen LogP contribution in [0.3, 0.4) is 0 Å². The van der Waals surface area contributed by atoms with Crippen molar-refractivity contribution in [3.8, 4) is 0 Å². The quantitative estimate of drug-likeness (QED) is 0.397. The molecule has 0 bridgehead atoms. The average Bonchev–Trinajstić information content (AvgIpc) is 2.49. The number of anilines is 1. The van der Waals surface area contributed by atoms with Gasteiger partial charge in [0.05, 0.1) is 4.92 Å². The van der Waals surface area contributed by atoms with E-state index in [0.717, 1.165) is 12.0 Å². The molecule has 0 amide bonds. The maximum Gasteiger partial charge on any atom is 0.273 e. The molecule has 2 rings (SSSR count). The van der Waals surface area contributed by atoms with Gasteiger partial charge in [-0.15, -0.1) is 0 Å². The van der Waals surface area contributed by atoms with E-state index in [-0.39, 0.29) is 16.7 Å². The Morgan fingerprint density at radius 2 is 2.21 bits per heavy atom. The van der Waals surface area contributed by atoms with Crippen LogP contribution in [-0.2, 0) is 6.42 Å². The Bertz CT molecular complexity index is 403. The lowest BCUT2D eigenvalue weighted by Crippen LogP contribution is -2.08. The lowest BCUT2D eigenvalue weighted by Gasteiger charge is -2.08. The van der Waals surface area contributed by atoms with Crippen molar-refractivity contribution in [1.29, 1.82) is 0 Å². The number of nitro benzene ring substituents is 1. The van der Waals surface area contributed by atoms with Crippen LogP contribution in [0.25, 0.3) is 0 Å². The highest BCUT2D eigenvalue weighted by molar-refractivity contribution is 5.62. The van der Waals surface area contributed by atoms with Gasteiger partial charge in [0, 0.05) is 28.9 Å². The van der Waals surface area contributed by atoms with Crippen LogP contribution in [0.4, 0.5) is 11.4 Å². The van der Waals surface area contributed by atoms with Gasteiger partial charge >= 0.3 is 0 Å². The number of hydrogen-bond acceptors (Lipinski definition) is 4. The van der Waals surface area contributed by atoms with Crippen LogP contribution in [0.5, 0.6) is 0 Å². The first-order valence-corrected chi connectivity index (χ1v) is 4.42. The fourth-order valence-corrected chi connectivity index (χ4v) is 1.99. The van der Waals surface area contributed by atoms with Crippen LogP contribution in [0, 0.1) is 10.1 Å². The van der Waals surface area contributed by atoms with E-state index in [0.29, 0.717) is 17.7 Å². The predicted molar refractivity (Wildman–Crippen MR) is 52.8 cm³/mol.